The molecule has 1 aromatic heterocycles. The van der Waals surface area contributed by atoms with Crippen LogP contribution < -0.4 is 5.32 Å². The van der Waals surface area contributed by atoms with Crippen LogP contribution in [0.1, 0.15) is 69.2 Å². The molecule has 0 aliphatic heterocycles. The number of halogens is 1. The molecule has 1 heterocycles. The van der Waals surface area contributed by atoms with Crippen LogP contribution in [0.15, 0.2) is 29.6 Å². The van der Waals surface area contributed by atoms with Gasteiger partial charge in [-0.05, 0) is 53.0 Å². The van der Waals surface area contributed by atoms with E-state index < -0.39 is 0 Å². The van der Waals surface area contributed by atoms with Crippen molar-refractivity contribution in [2.75, 3.05) is 5.32 Å². The van der Waals surface area contributed by atoms with Crippen molar-refractivity contribution in [1.82, 2.24) is 0 Å². The molecular formula is C18H24ClNS. The van der Waals surface area contributed by atoms with Crippen molar-refractivity contribution in [1.29, 1.82) is 0 Å². The van der Waals surface area contributed by atoms with Crippen LogP contribution in [0.3, 0.4) is 0 Å². The summed E-state index contributed by atoms with van der Waals surface area (Å²) >= 11 is 7.62. The van der Waals surface area contributed by atoms with Gasteiger partial charge in [-0.3, -0.25) is 0 Å². The van der Waals surface area contributed by atoms with E-state index >= 15 is 0 Å². The van der Waals surface area contributed by atoms with E-state index in [-0.39, 0.29) is 6.04 Å². The maximum absolute atomic E-state index is 6.04. The Bertz CT molecular complexity index is 601. The summed E-state index contributed by atoms with van der Waals surface area (Å²) in [5.74, 6) is 1.06. The lowest BCUT2D eigenvalue weighted by atomic mass is 9.94. The van der Waals surface area contributed by atoms with Gasteiger partial charge in [0.25, 0.3) is 0 Å². The normalized spacial score (nSPS) is 13.0. The van der Waals surface area contributed by atoms with Gasteiger partial charge < -0.3 is 5.32 Å². The summed E-state index contributed by atoms with van der Waals surface area (Å²) < 4.78 is 0.845. The van der Waals surface area contributed by atoms with E-state index in [1.165, 1.54) is 22.4 Å². The first kappa shape index (κ1) is 16.4. The second-order valence-electron chi connectivity index (χ2n) is 6.21. The lowest BCUT2D eigenvalue weighted by molar-refractivity contribution is 0.822. The predicted molar refractivity (Wildman–Crippen MR) is 96.0 cm³/mol. The smallest absolute Gasteiger partial charge is 0.0931 e. The van der Waals surface area contributed by atoms with Crippen LogP contribution >= 0.6 is 22.9 Å². The van der Waals surface area contributed by atoms with E-state index in [0.29, 0.717) is 11.8 Å². The average Bonchev–Trinajstić information content (AvgIpc) is 2.85. The quantitative estimate of drug-likeness (QED) is 0.637. The second kappa shape index (κ2) is 6.85. The molecule has 1 aromatic carbocycles. The second-order valence-corrected chi connectivity index (χ2v) is 7.75. The van der Waals surface area contributed by atoms with E-state index in [9.17, 15) is 0 Å². The molecule has 1 unspecified atom stereocenters. The third kappa shape index (κ3) is 4.02. The monoisotopic (exact) mass is 321 g/mol. The number of hydrogen-bond donors (Lipinski definition) is 1. The third-order valence-corrected chi connectivity index (χ3v) is 4.93. The molecule has 0 fully saturated rings. The molecule has 1 N–H and O–H groups in total. The summed E-state index contributed by atoms with van der Waals surface area (Å²) in [4.78, 5) is 0. The number of anilines is 1. The molecule has 1 nitrogen and oxygen atoms in total. The highest BCUT2D eigenvalue weighted by molar-refractivity contribution is 7.14. The van der Waals surface area contributed by atoms with Crippen LogP contribution in [0.4, 0.5) is 5.69 Å². The van der Waals surface area contributed by atoms with E-state index in [1.54, 1.807) is 11.3 Å². The number of thiophene rings is 1. The maximum atomic E-state index is 6.04. The van der Waals surface area contributed by atoms with Gasteiger partial charge in [-0.1, -0.05) is 51.4 Å². The fraction of sp³-hybridized carbons (Fsp3) is 0.444. The molecule has 2 rings (SSSR count). The molecule has 21 heavy (non-hydrogen) atoms. The van der Waals surface area contributed by atoms with Gasteiger partial charge >= 0.3 is 0 Å². The van der Waals surface area contributed by atoms with E-state index in [2.05, 4.69) is 63.5 Å². The fourth-order valence-electron chi connectivity index (χ4n) is 2.42. The van der Waals surface area contributed by atoms with E-state index in [0.717, 1.165) is 4.34 Å². The molecule has 114 valence electrons. The molecule has 0 amide bonds. The van der Waals surface area contributed by atoms with Gasteiger partial charge in [-0.15, -0.1) is 11.3 Å². The Labute approximate surface area is 137 Å². The summed E-state index contributed by atoms with van der Waals surface area (Å²) in [6.07, 6.45) is 0. The summed E-state index contributed by atoms with van der Waals surface area (Å²) in [7, 11) is 0. The van der Waals surface area contributed by atoms with Crippen LogP contribution in [-0.2, 0) is 0 Å². The molecule has 0 saturated carbocycles. The lowest BCUT2D eigenvalue weighted by Gasteiger charge is -2.21. The molecular weight excluding hydrogens is 298 g/mol. The van der Waals surface area contributed by atoms with Crippen molar-refractivity contribution in [2.24, 2.45) is 0 Å². The first-order valence-electron chi connectivity index (χ1n) is 7.52. The minimum atomic E-state index is 0.260. The van der Waals surface area contributed by atoms with Gasteiger partial charge in [0.15, 0.2) is 0 Å². The van der Waals surface area contributed by atoms with Crippen LogP contribution in [0, 0.1) is 0 Å². The summed E-state index contributed by atoms with van der Waals surface area (Å²) in [5, 5.41) is 5.76. The molecule has 0 bridgehead atoms. The first-order valence-corrected chi connectivity index (χ1v) is 8.78. The molecule has 0 radical (unpaired) electrons. The Morgan fingerprint density at radius 3 is 2.19 bits per heavy atom. The predicted octanol–water partition coefficient (Wildman–Crippen LogP) is 6.82. The lowest BCUT2D eigenvalue weighted by Crippen LogP contribution is -2.09. The largest absolute Gasteiger partial charge is 0.378 e. The molecule has 0 aliphatic carbocycles. The SMILES string of the molecule is CC(C)c1ccc(NC(C)c2csc(Cl)c2)c(C(C)C)c1. The van der Waals surface area contributed by atoms with Crippen molar-refractivity contribution in [3.63, 3.8) is 0 Å². The topological polar surface area (TPSA) is 12.0 Å². The molecule has 2 aromatic rings. The Kier molecular flexibility index (Phi) is 5.34. The zero-order valence-electron chi connectivity index (χ0n) is 13.4. The van der Waals surface area contributed by atoms with Crippen LogP contribution in [-0.4, -0.2) is 0 Å². The minimum Gasteiger partial charge on any atom is -0.378 e. The Morgan fingerprint density at radius 2 is 1.67 bits per heavy atom. The number of nitrogens with one attached hydrogen (secondary N) is 1. The van der Waals surface area contributed by atoms with Gasteiger partial charge in [0, 0.05) is 11.7 Å². The van der Waals surface area contributed by atoms with Crippen LogP contribution in [0.25, 0.3) is 0 Å². The van der Waals surface area contributed by atoms with Gasteiger partial charge in [-0.2, -0.15) is 0 Å². The van der Waals surface area contributed by atoms with Crippen LogP contribution in [0.5, 0.6) is 0 Å². The molecule has 0 aliphatic rings. The van der Waals surface area contributed by atoms with Crippen molar-refractivity contribution in [2.45, 2.75) is 52.5 Å². The van der Waals surface area contributed by atoms with Crippen molar-refractivity contribution < 1.29 is 0 Å². The Balaban J connectivity index is 2.26. The van der Waals surface area contributed by atoms with Crippen molar-refractivity contribution in [3.05, 3.63) is 50.7 Å². The van der Waals surface area contributed by atoms with Gasteiger partial charge in [0.2, 0.25) is 0 Å². The van der Waals surface area contributed by atoms with E-state index in [4.69, 9.17) is 11.6 Å². The van der Waals surface area contributed by atoms with Crippen LogP contribution in [0.2, 0.25) is 4.34 Å². The highest BCUT2D eigenvalue weighted by atomic mass is 35.5. The zero-order chi connectivity index (χ0) is 15.6. The third-order valence-electron chi connectivity index (χ3n) is 3.82. The number of benzene rings is 1. The van der Waals surface area contributed by atoms with Crippen molar-refractivity contribution >= 4 is 28.6 Å². The molecule has 0 saturated heterocycles. The minimum absolute atomic E-state index is 0.260. The molecule has 1 atom stereocenters. The summed E-state index contributed by atoms with van der Waals surface area (Å²) in [5.41, 5.74) is 5.25. The standard InChI is InChI=1S/C18H24ClNS/c1-11(2)14-6-7-17(16(8-14)12(3)4)20-13(5)15-9-18(19)21-10-15/h6-13,20H,1-5H3. The van der Waals surface area contributed by atoms with Gasteiger partial charge in [0.05, 0.1) is 4.34 Å². The average molecular weight is 322 g/mol. The number of rotatable bonds is 5. The summed E-state index contributed by atoms with van der Waals surface area (Å²) in [6, 6.07) is 9.09. The fourth-order valence-corrected chi connectivity index (χ4v) is 3.40. The van der Waals surface area contributed by atoms with Gasteiger partial charge in [-0.25, -0.2) is 0 Å². The maximum Gasteiger partial charge on any atom is 0.0931 e. The summed E-state index contributed by atoms with van der Waals surface area (Å²) in [6.45, 7) is 11.2. The van der Waals surface area contributed by atoms with Crippen molar-refractivity contribution in [3.8, 4) is 0 Å². The van der Waals surface area contributed by atoms with Gasteiger partial charge in [0.1, 0.15) is 0 Å². The zero-order valence-corrected chi connectivity index (χ0v) is 15.0. The highest BCUT2D eigenvalue weighted by Crippen LogP contribution is 2.32. The Hall–Kier alpha value is -0.990. The highest BCUT2D eigenvalue weighted by Gasteiger charge is 2.13. The first-order chi connectivity index (χ1) is 9.88. The number of hydrogen-bond acceptors (Lipinski definition) is 2. The Morgan fingerprint density at radius 1 is 0.952 bits per heavy atom. The molecule has 0 spiro atoms. The molecule has 3 heteroatoms. The van der Waals surface area contributed by atoms with E-state index in [1.807, 2.05) is 6.07 Å².